The summed E-state index contributed by atoms with van der Waals surface area (Å²) in [5.74, 6) is -4.04. The third kappa shape index (κ3) is 3.34. The van der Waals surface area contributed by atoms with Gasteiger partial charge in [-0.2, -0.15) is 0 Å². The molecule has 0 spiro atoms. The SMILES string of the molecule is CCOC(=O)C1=CN(C(=O)c2c(F)cccc2F)CCc2c1[nH]c1cc(F)ccc21. The number of fused-ring (bicyclic) bond motifs is 3. The lowest BCUT2D eigenvalue weighted by Crippen LogP contribution is -2.29. The van der Waals surface area contributed by atoms with Crippen LogP contribution in [-0.4, -0.2) is 34.9 Å². The van der Waals surface area contributed by atoms with Gasteiger partial charge in [-0.1, -0.05) is 6.07 Å². The number of H-pyrrole nitrogens is 1. The maximum absolute atomic E-state index is 14.1. The second-order valence-electron chi connectivity index (χ2n) is 6.78. The van der Waals surface area contributed by atoms with Gasteiger partial charge < -0.3 is 14.6 Å². The number of carbonyl (C=O) groups is 2. The first-order chi connectivity index (χ1) is 14.4. The molecular formula is C22H17F3N2O3. The fourth-order valence-corrected chi connectivity index (χ4v) is 3.60. The van der Waals surface area contributed by atoms with E-state index in [1.807, 2.05) is 0 Å². The number of ether oxygens (including phenoxy) is 1. The van der Waals surface area contributed by atoms with Crippen molar-refractivity contribution in [3.8, 4) is 0 Å². The lowest BCUT2D eigenvalue weighted by molar-refractivity contribution is -0.136. The number of rotatable bonds is 3. The van der Waals surface area contributed by atoms with E-state index in [4.69, 9.17) is 4.74 Å². The summed E-state index contributed by atoms with van der Waals surface area (Å²) in [5, 5.41) is 0.688. The van der Waals surface area contributed by atoms with Crippen LogP contribution in [0.25, 0.3) is 16.5 Å². The summed E-state index contributed by atoms with van der Waals surface area (Å²) >= 11 is 0. The molecule has 0 atom stereocenters. The van der Waals surface area contributed by atoms with Gasteiger partial charge in [-0.05, 0) is 49.2 Å². The van der Waals surface area contributed by atoms with Crippen LogP contribution in [0.15, 0.2) is 42.6 Å². The van der Waals surface area contributed by atoms with Crippen molar-refractivity contribution in [2.45, 2.75) is 13.3 Å². The van der Waals surface area contributed by atoms with Crippen LogP contribution in [0.2, 0.25) is 0 Å². The predicted molar refractivity (Wildman–Crippen MR) is 104 cm³/mol. The number of carbonyl (C=O) groups excluding carboxylic acids is 2. The van der Waals surface area contributed by atoms with Gasteiger partial charge in [-0.3, -0.25) is 4.79 Å². The highest BCUT2D eigenvalue weighted by Gasteiger charge is 2.29. The summed E-state index contributed by atoms with van der Waals surface area (Å²) in [6.45, 7) is 1.79. The number of aromatic nitrogens is 1. The van der Waals surface area contributed by atoms with E-state index in [-0.39, 0.29) is 25.1 Å². The van der Waals surface area contributed by atoms with E-state index in [9.17, 15) is 22.8 Å². The number of benzene rings is 2. The highest BCUT2D eigenvalue weighted by Crippen LogP contribution is 2.32. The molecule has 2 aromatic carbocycles. The van der Waals surface area contributed by atoms with E-state index in [1.165, 1.54) is 24.4 Å². The van der Waals surface area contributed by atoms with Crippen molar-refractivity contribution in [1.29, 1.82) is 0 Å². The van der Waals surface area contributed by atoms with Crippen LogP contribution >= 0.6 is 0 Å². The van der Waals surface area contributed by atoms with Crippen LogP contribution < -0.4 is 0 Å². The summed E-state index contributed by atoms with van der Waals surface area (Å²) in [6.07, 6.45) is 1.51. The van der Waals surface area contributed by atoms with E-state index in [0.29, 0.717) is 22.2 Å². The Morgan fingerprint density at radius 3 is 2.57 bits per heavy atom. The third-order valence-electron chi connectivity index (χ3n) is 4.96. The van der Waals surface area contributed by atoms with Gasteiger partial charge in [0.15, 0.2) is 0 Å². The maximum Gasteiger partial charge on any atom is 0.341 e. The van der Waals surface area contributed by atoms with Crippen molar-refractivity contribution in [2.75, 3.05) is 13.2 Å². The Bertz CT molecular complexity index is 1180. The summed E-state index contributed by atoms with van der Waals surface area (Å²) in [7, 11) is 0. The molecule has 2 heterocycles. The largest absolute Gasteiger partial charge is 0.462 e. The molecular weight excluding hydrogens is 397 g/mol. The second-order valence-corrected chi connectivity index (χ2v) is 6.78. The summed E-state index contributed by atoms with van der Waals surface area (Å²) < 4.78 is 47.0. The molecule has 1 aliphatic heterocycles. The Labute approximate surface area is 169 Å². The third-order valence-corrected chi connectivity index (χ3v) is 4.96. The number of halogens is 3. The number of nitrogens with zero attached hydrogens (tertiary/aromatic N) is 1. The van der Waals surface area contributed by atoms with Gasteiger partial charge in [0.25, 0.3) is 5.91 Å². The quantitative estimate of drug-likeness (QED) is 0.654. The molecule has 30 heavy (non-hydrogen) atoms. The van der Waals surface area contributed by atoms with E-state index < -0.39 is 34.9 Å². The molecule has 4 rings (SSSR count). The van der Waals surface area contributed by atoms with Crippen LogP contribution in [0.3, 0.4) is 0 Å². The van der Waals surface area contributed by atoms with Crippen molar-refractivity contribution >= 4 is 28.4 Å². The Kier molecular flexibility index (Phi) is 5.07. The Hall–Kier alpha value is -3.55. The number of aromatic amines is 1. The molecule has 0 unspecified atom stereocenters. The number of hydrogen-bond donors (Lipinski definition) is 1. The average Bonchev–Trinajstić information content (AvgIpc) is 2.93. The molecule has 1 aromatic heterocycles. The molecule has 3 aromatic rings. The predicted octanol–water partition coefficient (Wildman–Crippen LogP) is 4.19. The van der Waals surface area contributed by atoms with E-state index in [1.54, 1.807) is 13.0 Å². The van der Waals surface area contributed by atoms with Crippen molar-refractivity contribution in [2.24, 2.45) is 0 Å². The van der Waals surface area contributed by atoms with Crippen LogP contribution in [0, 0.1) is 17.5 Å². The van der Waals surface area contributed by atoms with Crippen molar-refractivity contribution in [1.82, 2.24) is 9.88 Å². The number of hydrogen-bond acceptors (Lipinski definition) is 3. The zero-order valence-corrected chi connectivity index (χ0v) is 16.0. The van der Waals surface area contributed by atoms with Gasteiger partial charge in [0.1, 0.15) is 23.0 Å². The summed E-state index contributed by atoms with van der Waals surface area (Å²) in [6, 6.07) is 7.34. The highest BCUT2D eigenvalue weighted by molar-refractivity contribution is 6.18. The fraction of sp³-hybridized carbons (Fsp3) is 0.182. The molecule has 5 nitrogen and oxygen atoms in total. The molecule has 0 saturated heterocycles. The smallest absolute Gasteiger partial charge is 0.341 e. The number of amides is 1. The zero-order chi connectivity index (χ0) is 21.4. The maximum atomic E-state index is 14.1. The minimum absolute atomic E-state index is 0.0195. The highest BCUT2D eigenvalue weighted by atomic mass is 19.1. The van der Waals surface area contributed by atoms with Crippen molar-refractivity contribution < 1.29 is 27.5 Å². The lowest BCUT2D eigenvalue weighted by atomic mass is 10.0. The topological polar surface area (TPSA) is 62.4 Å². The van der Waals surface area contributed by atoms with Gasteiger partial charge in [0.05, 0.1) is 17.9 Å². The van der Waals surface area contributed by atoms with Crippen molar-refractivity contribution in [3.05, 3.63) is 76.9 Å². The first-order valence-electron chi connectivity index (χ1n) is 9.35. The van der Waals surface area contributed by atoms with E-state index in [2.05, 4.69) is 4.98 Å². The second kappa shape index (κ2) is 7.70. The van der Waals surface area contributed by atoms with E-state index in [0.717, 1.165) is 17.0 Å². The Balaban J connectivity index is 1.84. The molecule has 0 fully saturated rings. The van der Waals surface area contributed by atoms with Gasteiger partial charge in [-0.25, -0.2) is 18.0 Å². The minimum Gasteiger partial charge on any atom is -0.462 e. The molecule has 1 amide bonds. The van der Waals surface area contributed by atoms with E-state index >= 15 is 0 Å². The molecule has 0 aliphatic carbocycles. The molecule has 154 valence electrons. The standard InChI is InChI=1S/C22H17F3N2O3/c1-2-30-22(29)15-11-27(21(28)19-16(24)4-3-5-17(19)25)9-8-14-13-7-6-12(23)10-18(13)26-20(14)15/h3-7,10-11,26H,2,8-9H2,1H3. The first-order valence-corrected chi connectivity index (χ1v) is 9.35. The molecule has 8 heteroatoms. The van der Waals surface area contributed by atoms with Crippen LogP contribution in [0.1, 0.15) is 28.5 Å². The van der Waals surface area contributed by atoms with Gasteiger partial charge >= 0.3 is 5.97 Å². The fourth-order valence-electron chi connectivity index (χ4n) is 3.60. The average molecular weight is 414 g/mol. The lowest BCUT2D eigenvalue weighted by Gasteiger charge is -2.18. The summed E-state index contributed by atoms with van der Waals surface area (Å²) in [5.41, 5.74) is 0.891. The Morgan fingerprint density at radius 2 is 1.87 bits per heavy atom. The van der Waals surface area contributed by atoms with Gasteiger partial charge in [-0.15, -0.1) is 0 Å². The van der Waals surface area contributed by atoms with Crippen LogP contribution in [0.4, 0.5) is 13.2 Å². The molecule has 1 N–H and O–H groups in total. The monoisotopic (exact) mass is 414 g/mol. The normalized spacial score (nSPS) is 13.6. The number of nitrogens with one attached hydrogen (secondary N) is 1. The first kappa shape index (κ1) is 19.8. The number of esters is 1. The Morgan fingerprint density at radius 1 is 1.13 bits per heavy atom. The molecule has 1 aliphatic rings. The van der Waals surface area contributed by atoms with Gasteiger partial charge in [0, 0.05) is 23.6 Å². The van der Waals surface area contributed by atoms with Crippen LogP contribution in [0.5, 0.6) is 0 Å². The molecule has 0 saturated carbocycles. The minimum atomic E-state index is -0.991. The summed E-state index contributed by atoms with van der Waals surface area (Å²) in [4.78, 5) is 29.6. The van der Waals surface area contributed by atoms with Crippen molar-refractivity contribution in [3.63, 3.8) is 0 Å². The molecule has 0 bridgehead atoms. The zero-order valence-electron chi connectivity index (χ0n) is 16.0. The van der Waals surface area contributed by atoms with Gasteiger partial charge in [0.2, 0.25) is 0 Å². The molecule has 0 radical (unpaired) electrons. The van der Waals surface area contributed by atoms with Crippen LogP contribution in [-0.2, 0) is 16.0 Å².